The maximum Gasteiger partial charge on any atom is 0.244 e. The van der Waals surface area contributed by atoms with Crippen LogP contribution in [0.5, 0.6) is 0 Å². The highest BCUT2D eigenvalue weighted by atomic mass is 35.5. The monoisotopic (exact) mass is 432 g/mol. The molecule has 2 aromatic rings. The zero-order valence-corrected chi connectivity index (χ0v) is 17.5. The van der Waals surface area contributed by atoms with Crippen molar-refractivity contribution in [3.8, 4) is 0 Å². The second kappa shape index (κ2) is 7.56. The van der Waals surface area contributed by atoms with E-state index in [0.29, 0.717) is 19.6 Å². The Balaban J connectivity index is 1.84. The van der Waals surface area contributed by atoms with E-state index in [2.05, 4.69) is 29.2 Å². The van der Waals surface area contributed by atoms with Gasteiger partial charge in [-0.05, 0) is 38.1 Å². The third kappa shape index (κ3) is 3.82. The minimum atomic E-state index is -3.75. The number of nitrogens with zero attached hydrogens (tertiary/aromatic N) is 2. The minimum Gasteiger partial charge on any atom is -0.366 e. The summed E-state index contributed by atoms with van der Waals surface area (Å²) in [4.78, 5) is 2.20. The Morgan fingerprint density at radius 1 is 0.962 bits per heavy atom. The molecule has 1 saturated heterocycles. The maximum absolute atomic E-state index is 13.0. The molecule has 1 fully saturated rings. The summed E-state index contributed by atoms with van der Waals surface area (Å²) in [5, 5.41) is 0.474. The van der Waals surface area contributed by atoms with E-state index in [-0.39, 0.29) is 26.0 Å². The Labute approximate surface area is 169 Å². The molecule has 0 unspecified atom stereocenters. The van der Waals surface area contributed by atoms with Crippen LogP contribution in [0.4, 0.5) is 5.69 Å². The Hall–Kier alpha value is -0.980. The standard InChI is InChI=1S/C18H19Cl3N2O2S/c1-12-3-5-14(6-4-12)23-8-7-22(11-13(23)2)26(24,25)18-10-16(20)15(19)9-17(18)21/h3-6,9-10,13H,7-8,11H2,1-2H3/t13-/m0/s1. The van der Waals surface area contributed by atoms with Crippen molar-refractivity contribution in [3.05, 3.63) is 57.0 Å². The van der Waals surface area contributed by atoms with Gasteiger partial charge in [-0.15, -0.1) is 0 Å². The third-order valence-corrected chi connectivity index (χ3v) is 7.60. The van der Waals surface area contributed by atoms with Gasteiger partial charge in [-0.2, -0.15) is 4.31 Å². The molecular weight excluding hydrogens is 415 g/mol. The van der Waals surface area contributed by atoms with Gasteiger partial charge in [0.25, 0.3) is 0 Å². The summed E-state index contributed by atoms with van der Waals surface area (Å²) in [6.07, 6.45) is 0. The van der Waals surface area contributed by atoms with Gasteiger partial charge in [-0.25, -0.2) is 8.42 Å². The van der Waals surface area contributed by atoms with Crippen LogP contribution in [0.25, 0.3) is 0 Å². The molecular formula is C18H19Cl3N2O2S. The molecule has 0 saturated carbocycles. The number of rotatable bonds is 3. The Bertz CT molecular complexity index is 917. The quantitative estimate of drug-likeness (QED) is 0.649. The van der Waals surface area contributed by atoms with Crippen molar-refractivity contribution in [1.82, 2.24) is 4.31 Å². The molecule has 26 heavy (non-hydrogen) atoms. The smallest absolute Gasteiger partial charge is 0.244 e. The zero-order valence-electron chi connectivity index (χ0n) is 14.4. The minimum absolute atomic E-state index is 0.00967. The molecule has 1 atom stereocenters. The molecule has 1 aliphatic rings. The van der Waals surface area contributed by atoms with Crippen LogP contribution in [-0.4, -0.2) is 38.4 Å². The first-order chi connectivity index (χ1) is 12.2. The first-order valence-corrected chi connectivity index (χ1v) is 10.8. The van der Waals surface area contributed by atoms with Crippen molar-refractivity contribution >= 4 is 50.5 Å². The molecule has 0 aliphatic carbocycles. The molecule has 1 aliphatic heterocycles. The lowest BCUT2D eigenvalue weighted by atomic mass is 10.1. The van der Waals surface area contributed by atoms with Gasteiger partial charge in [0.05, 0.1) is 15.1 Å². The zero-order chi connectivity index (χ0) is 19.1. The van der Waals surface area contributed by atoms with Gasteiger partial charge in [0.1, 0.15) is 4.90 Å². The number of piperazine rings is 1. The first-order valence-electron chi connectivity index (χ1n) is 8.18. The summed E-state index contributed by atoms with van der Waals surface area (Å²) in [6, 6.07) is 10.9. The molecule has 0 aromatic heterocycles. The number of anilines is 1. The second-order valence-corrected chi connectivity index (χ2v) is 9.57. The van der Waals surface area contributed by atoms with Gasteiger partial charge in [-0.1, -0.05) is 52.5 Å². The highest BCUT2D eigenvalue weighted by Crippen LogP contribution is 2.34. The Kier molecular flexibility index (Phi) is 5.75. The predicted molar refractivity (Wildman–Crippen MR) is 108 cm³/mol. The number of halogens is 3. The molecule has 2 aromatic carbocycles. The summed E-state index contributed by atoms with van der Waals surface area (Å²) in [6.45, 7) is 5.39. The molecule has 0 bridgehead atoms. The van der Waals surface area contributed by atoms with Crippen molar-refractivity contribution < 1.29 is 8.42 Å². The van der Waals surface area contributed by atoms with Crippen LogP contribution in [0.1, 0.15) is 12.5 Å². The number of sulfonamides is 1. The fraction of sp³-hybridized carbons (Fsp3) is 0.333. The topological polar surface area (TPSA) is 40.6 Å². The number of aryl methyl sites for hydroxylation is 1. The number of hydrogen-bond donors (Lipinski definition) is 0. The highest BCUT2D eigenvalue weighted by molar-refractivity contribution is 7.89. The normalized spacial score (nSPS) is 19.0. The second-order valence-electron chi connectivity index (χ2n) is 6.44. The molecule has 0 spiro atoms. The summed E-state index contributed by atoms with van der Waals surface area (Å²) in [5.74, 6) is 0. The first kappa shape index (κ1) is 19.8. The number of benzene rings is 2. The van der Waals surface area contributed by atoms with E-state index in [0.717, 1.165) is 5.69 Å². The molecule has 0 amide bonds. The van der Waals surface area contributed by atoms with Gasteiger partial charge >= 0.3 is 0 Å². The SMILES string of the molecule is Cc1ccc(N2CCN(S(=O)(=O)c3cc(Cl)c(Cl)cc3Cl)C[C@@H]2C)cc1. The summed E-state index contributed by atoms with van der Waals surface area (Å²) >= 11 is 18.0. The van der Waals surface area contributed by atoms with E-state index in [1.165, 1.54) is 22.0 Å². The maximum atomic E-state index is 13.0. The third-order valence-electron chi connectivity index (χ3n) is 4.55. The van der Waals surface area contributed by atoms with Gasteiger partial charge in [-0.3, -0.25) is 0 Å². The molecule has 140 valence electrons. The van der Waals surface area contributed by atoms with Gasteiger partial charge in [0.2, 0.25) is 10.0 Å². The number of hydrogen-bond acceptors (Lipinski definition) is 3. The van der Waals surface area contributed by atoms with Crippen LogP contribution in [0.15, 0.2) is 41.3 Å². The summed E-state index contributed by atoms with van der Waals surface area (Å²) in [7, 11) is -3.75. The van der Waals surface area contributed by atoms with Crippen LogP contribution in [0.2, 0.25) is 15.1 Å². The van der Waals surface area contributed by atoms with E-state index in [4.69, 9.17) is 34.8 Å². The van der Waals surface area contributed by atoms with Crippen molar-refractivity contribution in [2.45, 2.75) is 24.8 Å². The highest BCUT2D eigenvalue weighted by Gasteiger charge is 2.34. The lowest BCUT2D eigenvalue weighted by molar-refractivity contribution is 0.342. The Morgan fingerprint density at radius 3 is 2.19 bits per heavy atom. The van der Waals surface area contributed by atoms with Gasteiger partial charge in [0, 0.05) is 31.4 Å². The molecule has 1 heterocycles. The molecule has 4 nitrogen and oxygen atoms in total. The van der Waals surface area contributed by atoms with Gasteiger partial charge in [0.15, 0.2) is 0 Å². The molecule has 0 radical (unpaired) electrons. The van der Waals surface area contributed by atoms with Crippen molar-refractivity contribution in [2.24, 2.45) is 0 Å². The average Bonchev–Trinajstić information content (AvgIpc) is 2.59. The predicted octanol–water partition coefficient (Wildman–Crippen LogP) is 4.85. The van der Waals surface area contributed by atoms with E-state index in [9.17, 15) is 8.42 Å². The van der Waals surface area contributed by atoms with Crippen LogP contribution in [0.3, 0.4) is 0 Å². The van der Waals surface area contributed by atoms with Gasteiger partial charge < -0.3 is 4.90 Å². The summed E-state index contributed by atoms with van der Waals surface area (Å²) in [5.41, 5.74) is 2.28. The van der Waals surface area contributed by atoms with E-state index in [1.807, 2.05) is 13.8 Å². The fourth-order valence-corrected chi connectivity index (χ4v) is 5.59. The van der Waals surface area contributed by atoms with Crippen LogP contribution < -0.4 is 4.90 Å². The largest absolute Gasteiger partial charge is 0.366 e. The fourth-order valence-electron chi connectivity index (χ4n) is 3.10. The van der Waals surface area contributed by atoms with Crippen molar-refractivity contribution in [1.29, 1.82) is 0 Å². The van der Waals surface area contributed by atoms with Crippen LogP contribution >= 0.6 is 34.8 Å². The lowest BCUT2D eigenvalue weighted by Gasteiger charge is -2.40. The van der Waals surface area contributed by atoms with E-state index >= 15 is 0 Å². The average molecular weight is 434 g/mol. The lowest BCUT2D eigenvalue weighted by Crippen LogP contribution is -2.53. The summed E-state index contributed by atoms with van der Waals surface area (Å²) < 4.78 is 27.5. The van der Waals surface area contributed by atoms with Crippen LogP contribution in [0, 0.1) is 6.92 Å². The van der Waals surface area contributed by atoms with Crippen molar-refractivity contribution in [2.75, 3.05) is 24.5 Å². The van der Waals surface area contributed by atoms with Crippen molar-refractivity contribution in [3.63, 3.8) is 0 Å². The van der Waals surface area contributed by atoms with E-state index < -0.39 is 10.0 Å². The Morgan fingerprint density at radius 2 is 1.58 bits per heavy atom. The molecule has 3 rings (SSSR count). The van der Waals surface area contributed by atoms with Crippen LogP contribution in [-0.2, 0) is 10.0 Å². The molecule has 8 heteroatoms. The van der Waals surface area contributed by atoms with E-state index in [1.54, 1.807) is 0 Å². The molecule has 0 N–H and O–H groups in total.